The zero-order valence-electron chi connectivity index (χ0n) is 14.9. The Balaban J connectivity index is 1.46. The molecule has 1 atom stereocenters. The van der Waals surface area contributed by atoms with Gasteiger partial charge in [0, 0.05) is 43.4 Å². The molecule has 1 N–H and O–H groups in total. The first kappa shape index (κ1) is 19.3. The van der Waals surface area contributed by atoms with Crippen molar-refractivity contribution < 1.29 is 9.84 Å². The third-order valence-corrected chi connectivity index (χ3v) is 5.17. The molecule has 26 heavy (non-hydrogen) atoms. The summed E-state index contributed by atoms with van der Waals surface area (Å²) in [7, 11) is 0. The maximum Gasteiger partial charge on any atom is 0.138 e. The fourth-order valence-corrected chi connectivity index (χ4v) is 3.55. The van der Waals surface area contributed by atoms with E-state index in [2.05, 4.69) is 22.8 Å². The lowest BCUT2D eigenvalue weighted by molar-refractivity contribution is 0.0663. The topological polar surface area (TPSA) is 35.9 Å². The second kappa shape index (κ2) is 8.96. The highest BCUT2D eigenvalue weighted by Gasteiger charge is 2.21. The lowest BCUT2D eigenvalue weighted by Gasteiger charge is -2.37. The number of hydrogen-bond donors (Lipinski definition) is 1. The predicted molar refractivity (Wildman–Crippen MR) is 108 cm³/mol. The monoisotopic (exact) mass is 394 g/mol. The molecule has 1 fully saturated rings. The molecule has 0 amide bonds. The Bertz CT molecular complexity index is 734. The van der Waals surface area contributed by atoms with Gasteiger partial charge in [0.1, 0.15) is 18.5 Å². The minimum absolute atomic E-state index is 0.233. The zero-order valence-corrected chi connectivity index (χ0v) is 16.4. The first-order chi connectivity index (χ1) is 12.5. The molecular weight excluding hydrogens is 371 g/mol. The molecule has 2 aromatic carbocycles. The van der Waals surface area contributed by atoms with Crippen LogP contribution in [0.5, 0.6) is 5.75 Å². The Morgan fingerprint density at radius 1 is 1.08 bits per heavy atom. The Kier molecular flexibility index (Phi) is 6.65. The SMILES string of the molecule is Cc1ccc(Cl)cc1N1CCN(C[C@@H](O)COc2ccccc2Cl)CC1. The fraction of sp³-hybridized carbons (Fsp3) is 0.400. The van der Waals surface area contributed by atoms with E-state index in [4.69, 9.17) is 27.9 Å². The van der Waals surface area contributed by atoms with Gasteiger partial charge in [0.2, 0.25) is 0 Å². The molecule has 0 unspecified atom stereocenters. The molecule has 3 rings (SSSR count). The molecule has 1 heterocycles. The summed E-state index contributed by atoms with van der Waals surface area (Å²) in [5, 5.41) is 11.6. The van der Waals surface area contributed by atoms with Crippen LogP contribution in [0.15, 0.2) is 42.5 Å². The molecule has 0 bridgehead atoms. The molecule has 0 aliphatic carbocycles. The van der Waals surface area contributed by atoms with Gasteiger partial charge < -0.3 is 14.7 Å². The minimum Gasteiger partial charge on any atom is -0.489 e. The smallest absolute Gasteiger partial charge is 0.138 e. The molecule has 0 spiro atoms. The van der Waals surface area contributed by atoms with E-state index in [0.717, 1.165) is 31.2 Å². The molecule has 1 aliphatic rings. The summed E-state index contributed by atoms with van der Waals surface area (Å²) in [6.45, 7) is 6.56. The van der Waals surface area contributed by atoms with Crippen molar-refractivity contribution in [2.75, 3.05) is 44.2 Å². The first-order valence-electron chi connectivity index (χ1n) is 8.82. The van der Waals surface area contributed by atoms with Crippen molar-refractivity contribution in [3.63, 3.8) is 0 Å². The van der Waals surface area contributed by atoms with Crippen molar-refractivity contribution in [2.45, 2.75) is 13.0 Å². The van der Waals surface area contributed by atoms with Crippen LogP contribution in [0.2, 0.25) is 10.0 Å². The Morgan fingerprint density at radius 3 is 2.54 bits per heavy atom. The van der Waals surface area contributed by atoms with Crippen molar-refractivity contribution in [1.82, 2.24) is 4.90 Å². The van der Waals surface area contributed by atoms with E-state index < -0.39 is 6.10 Å². The van der Waals surface area contributed by atoms with Gasteiger partial charge in [-0.05, 0) is 36.8 Å². The van der Waals surface area contributed by atoms with E-state index in [0.29, 0.717) is 17.3 Å². The summed E-state index contributed by atoms with van der Waals surface area (Å²) in [4.78, 5) is 4.61. The molecule has 4 nitrogen and oxygen atoms in total. The van der Waals surface area contributed by atoms with Crippen LogP contribution in [-0.2, 0) is 0 Å². The average Bonchev–Trinajstić information content (AvgIpc) is 2.64. The molecular formula is C20H24Cl2N2O2. The quantitative estimate of drug-likeness (QED) is 0.806. The van der Waals surface area contributed by atoms with Crippen LogP contribution in [0.25, 0.3) is 0 Å². The number of β-amino-alcohol motifs (C(OH)–C–C–N with tert-alkyl or cyclic N) is 1. The molecule has 0 aromatic heterocycles. The summed E-state index contributed by atoms with van der Waals surface area (Å²) in [6.07, 6.45) is -0.550. The Morgan fingerprint density at radius 2 is 1.81 bits per heavy atom. The number of nitrogens with zero attached hydrogens (tertiary/aromatic N) is 2. The van der Waals surface area contributed by atoms with Crippen LogP contribution >= 0.6 is 23.2 Å². The van der Waals surface area contributed by atoms with E-state index in [-0.39, 0.29) is 6.61 Å². The molecule has 6 heteroatoms. The van der Waals surface area contributed by atoms with Gasteiger partial charge in [-0.25, -0.2) is 0 Å². The highest BCUT2D eigenvalue weighted by molar-refractivity contribution is 6.32. The van der Waals surface area contributed by atoms with Gasteiger partial charge in [0.05, 0.1) is 5.02 Å². The summed E-state index contributed by atoms with van der Waals surface area (Å²) in [5.41, 5.74) is 2.43. The standard InChI is InChI=1S/C20H24Cl2N2O2/c1-15-6-7-16(21)12-19(15)24-10-8-23(9-11-24)13-17(25)14-26-20-5-3-2-4-18(20)22/h2-7,12,17,25H,8-11,13-14H2,1H3/t17-/m1/s1. The lowest BCUT2D eigenvalue weighted by Crippen LogP contribution is -2.49. The van der Waals surface area contributed by atoms with E-state index in [1.165, 1.54) is 11.3 Å². The van der Waals surface area contributed by atoms with Crippen LogP contribution in [0.4, 0.5) is 5.69 Å². The zero-order chi connectivity index (χ0) is 18.5. The fourth-order valence-electron chi connectivity index (χ4n) is 3.19. The number of aliphatic hydroxyl groups excluding tert-OH is 1. The first-order valence-corrected chi connectivity index (χ1v) is 9.57. The molecule has 1 aliphatic heterocycles. The van der Waals surface area contributed by atoms with Gasteiger partial charge in [-0.15, -0.1) is 0 Å². The maximum atomic E-state index is 10.3. The summed E-state index contributed by atoms with van der Waals surface area (Å²) < 4.78 is 5.63. The maximum absolute atomic E-state index is 10.3. The lowest BCUT2D eigenvalue weighted by atomic mass is 10.1. The highest BCUT2D eigenvalue weighted by Crippen LogP contribution is 2.26. The number of rotatable bonds is 6. The molecule has 140 valence electrons. The largest absolute Gasteiger partial charge is 0.489 e. The third-order valence-electron chi connectivity index (χ3n) is 4.62. The van der Waals surface area contributed by atoms with Crippen molar-refractivity contribution in [3.05, 3.63) is 58.1 Å². The predicted octanol–water partition coefficient (Wildman–Crippen LogP) is 3.86. The Hall–Kier alpha value is -1.46. The Labute approximate surface area is 164 Å². The van der Waals surface area contributed by atoms with Crippen molar-refractivity contribution in [2.24, 2.45) is 0 Å². The number of benzene rings is 2. The minimum atomic E-state index is -0.550. The number of halogens is 2. The molecule has 2 aromatic rings. The van der Waals surface area contributed by atoms with Gasteiger partial charge in [0.25, 0.3) is 0 Å². The number of piperazine rings is 1. The van der Waals surface area contributed by atoms with Gasteiger partial charge in [-0.2, -0.15) is 0 Å². The third kappa shape index (κ3) is 5.04. The number of aliphatic hydroxyl groups is 1. The van der Waals surface area contributed by atoms with E-state index >= 15 is 0 Å². The highest BCUT2D eigenvalue weighted by atomic mass is 35.5. The van der Waals surface area contributed by atoms with Crippen LogP contribution in [0.3, 0.4) is 0 Å². The summed E-state index contributed by atoms with van der Waals surface area (Å²) in [5.74, 6) is 0.606. The number of para-hydroxylation sites is 1. The van der Waals surface area contributed by atoms with Gasteiger partial charge in [0.15, 0.2) is 0 Å². The second-order valence-corrected chi connectivity index (χ2v) is 7.46. The van der Waals surface area contributed by atoms with Crippen LogP contribution in [0, 0.1) is 6.92 Å². The van der Waals surface area contributed by atoms with Crippen molar-refractivity contribution in [1.29, 1.82) is 0 Å². The summed E-state index contributed by atoms with van der Waals surface area (Å²) >= 11 is 12.2. The number of anilines is 1. The van der Waals surface area contributed by atoms with Crippen LogP contribution in [-0.4, -0.2) is 55.4 Å². The molecule has 0 saturated carbocycles. The van der Waals surface area contributed by atoms with E-state index in [1.807, 2.05) is 24.3 Å². The van der Waals surface area contributed by atoms with E-state index in [9.17, 15) is 5.11 Å². The van der Waals surface area contributed by atoms with E-state index in [1.54, 1.807) is 12.1 Å². The average molecular weight is 395 g/mol. The van der Waals surface area contributed by atoms with Crippen molar-refractivity contribution >= 4 is 28.9 Å². The van der Waals surface area contributed by atoms with Crippen molar-refractivity contribution in [3.8, 4) is 5.75 Å². The summed E-state index contributed by atoms with van der Waals surface area (Å²) in [6, 6.07) is 13.3. The molecule has 0 radical (unpaired) electrons. The van der Waals surface area contributed by atoms with Gasteiger partial charge in [-0.3, -0.25) is 4.90 Å². The van der Waals surface area contributed by atoms with Gasteiger partial charge in [-0.1, -0.05) is 41.4 Å². The van der Waals surface area contributed by atoms with Crippen LogP contribution < -0.4 is 9.64 Å². The normalized spacial score (nSPS) is 16.5. The number of aryl methyl sites for hydroxylation is 1. The number of hydrogen-bond acceptors (Lipinski definition) is 4. The molecule has 1 saturated heterocycles. The van der Waals surface area contributed by atoms with Crippen LogP contribution in [0.1, 0.15) is 5.56 Å². The van der Waals surface area contributed by atoms with Gasteiger partial charge >= 0.3 is 0 Å². The second-order valence-electron chi connectivity index (χ2n) is 6.61. The number of ether oxygens (including phenoxy) is 1.